The van der Waals surface area contributed by atoms with E-state index in [4.69, 9.17) is 0 Å². The SMILES string of the molecule is CC1(C)C(=O)NCCN1S(=O)(=O)C1CCNC1. The lowest BCUT2D eigenvalue weighted by Crippen LogP contribution is -2.64. The van der Waals surface area contributed by atoms with Crippen LogP contribution in [-0.4, -0.2) is 55.6 Å². The molecule has 17 heavy (non-hydrogen) atoms. The number of hydrogen-bond donors (Lipinski definition) is 2. The van der Waals surface area contributed by atoms with Crippen molar-refractivity contribution in [2.75, 3.05) is 26.2 Å². The van der Waals surface area contributed by atoms with Gasteiger partial charge >= 0.3 is 0 Å². The number of nitrogens with zero attached hydrogens (tertiary/aromatic N) is 1. The van der Waals surface area contributed by atoms with E-state index < -0.39 is 20.8 Å². The molecule has 2 N–H and O–H groups in total. The van der Waals surface area contributed by atoms with Crippen LogP contribution in [0.5, 0.6) is 0 Å². The predicted octanol–water partition coefficient (Wildman–Crippen LogP) is -1.11. The first-order chi connectivity index (χ1) is 7.87. The Bertz CT molecular complexity index is 413. The number of carbonyl (C=O) groups excluding carboxylic acids is 1. The van der Waals surface area contributed by atoms with E-state index in [2.05, 4.69) is 10.6 Å². The van der Waals surface area contributed by atoms with E-state index in [1.165, 1.54) is 4.31 Å². The fourth-order valence-electron chi connectivity index (χ4n) is 2.39. The largest absolute Gasteiger partial charge is 0.353 e. The molecule has 2 aliphatic rings. The Labute approximate surface area is 102 Å². The molecular formula is C10H19N3O3S. The lowest BCUT2D eigenvalue weighted by Gasteiger charge is -2.41. The van der Waals surface area contributed by atoms with Gasteiger partial charge in [0.1, 0.15) is 5.54 Å². The van der Waals surface area contributed by atoms with E-state index in [0.29, 0.717) is 26.1 Å². The van der Waals surface area contributed by atoms with Crippen LogP contribution in [0, 0.1) is 0 Å². The van der Waals surface area contributed by atoms with E-state index in [9.17, 15) is 13.2 Å². The third-order valence-corrected chi connectivity index (χ3v) is 6.02. The molecule has 1 amide bonds. The van der Waals surface area contributed by atoms with Crippen molar-refractivity contribution in [1.29, 1.82) is 0 Å². The van der Waals surface area contributed by atoms with Crippen LogP contribution >= 0.6 is 0 Å². The van der Waals surface area contributed by atoms with Crippen LogP contribution < -0.4 is 10.6 Å². The highest BCUT2D eigenvalue weighted by atomic mass is 32.2. The van der Waals surface area contributed by atoms with E-state index in [1.807, 2.05) is 0 Å². The molecule has 2 aliphatic heterocycles. The molecule has 0 aromatic carbocycles. The van der Waals surface area contributed by atoms with E-state index >= 15 is 0 Å². The van der Waals surface area contributed by atoms with Gasteiger partial charge in [-0.2, -0.15) is 4.31 Å². The zero-order valence-electron chi connectivity index (χ0n) is 10.2. The molecule has 0 radical (unpaired) electrons. The first kappa shape index (κ1) is 12.8. The van der Waals surface area contributed by atoms with Gasteiger partial charge in [0.05, 0.1) is 5.25 Å². The number of nitrogens with one attached hydrogen (secondary N) is 2. The first-order valence-electron chi connectivity index (χ1n) is 5.87. The van der Waals surface area contributed by atoms with Crippen molar-refractivity contribution >= 4 is 15.9 Å². The summed E-state index contributed by atoms with van der Waals surface area (Å²) in [6.45, 7) is 5.27. The highest BCUT2D eigenvalue weighted by Crippen LogP contribution is 2.26. The van der Waals surface area contributed by atoms with Crippen molar-refractivity contribution in [1.82, 2.24) is 14.9 Å². The number of hydrogen-bond acceptors (Lipinski definition) is 4. The zero-order valence-corrected chi connectivity index (χ0v) is 11.0. The second-order valence-electron chi connectivity index (χ2n) is 5.05. The third kappa shape index (κ3) is 2.07. The lowest BCUT2D eigenvalue weighted by molar-refractivity contribution is -0.131. The highest BCUT2D eigenvalue weighted by molar-refractivity contribution is 7.89. The van der Waals surface area contributed by atoms with Crippen LogP contribution in [0.3, 0.4) is 0 Å². The fraction of sp³-hybridized carbons (Fsp3) is 0.900. The Morgan fingerprint density at radius 3 is 2.65 bits per heavy atom. The maximum atomic E-state index is 12.5. The monoisotopic (exact) mass is 261 g/mol. The average Bonchev–Trinajstić information content (AvgIpc) is 2.75. The molecule has 98 valence electrons. The topological polar surface area (TPSA) is 78.5 Å². The molecule has 1 unspecified atom stereocenters. The van der Waals surface area contributed by atoms with Gasteiger partial charge in [0.15, 0.2) is 0 Å². The summed E-state index contributed by atoms with van der Waals surface area (Å²) in [6, 6.07) is 0. The number of rotatable bonds is 2. The Morgan fingerprint density at radius 2 is 2.06 bits per heavy atom. The van der Waals surface area contributed by atoms with E-state index in [0.717, 1.165) is 6.54 Å². The van der Waals surface area contributed by atoms with Crippen molar-refractivity contribution in [2.45, 2.75) is 31.1 Å². The van der Waals surface area contributed by atoms with Gasteiger partial charge in [-0.3, -0.25) is 4.79 Å². The minimum atomic E-state index is -3.39. The summed E-state index contributed by atoms with van der Waals surface area (Å²) < 4.78 is 26.3. The van der Waals surface area contributed by atoms with Gasteiger partial charge < -0.3 is 10.6 Å². The first-order valence-corrected chi connectivity index (χ1v) is 7.38. The zero-order chi connectivity index (χ0) is 12.7. The second kappa shape index (κ2) is 4.22. The summed E-state index contributed by atoms with van der Waals surface area (Å²) in [6.07, 6.45) is 0.622. The molecule has 0 saturated carbocycles. The lowest BCUT2D eigenvalue weighted by atomic mass is 10.0. The maximum absolute atomic E-state index is 12.5. The van der Waals surface area contributed by atoms with Crippen molar-refractivity contribution in [3.8, 4) is 0 Å². The molecule has 0 bridgehead atoms. The van der Waals surface area contributed by atoms with Gasteiger partial charge in [0.2, 0.25) is 15.9 Å². The molecule has 0 spiro atoms. The summed E-state index contributed by atoms with van der Waals surface area (Å²) >= 11 is 0. The van der Waals surface area contributed by atoms with Gasteiger partial charge in [0.25, 0.3) is 0 Å². The van der Waals surface area contributed by atoms with E-state index in [1.54, 1.807) is 13.8 Å². The van der Waals surface area contributed by atoms with Gasteiger partial charge in [-0.25, -0.2) is 8.42 Å². The molecule has 0 aromatic heterocycles. The van der Waals surface area contributed by atoms with E-state index in [-0.39, 0.29) is 5.91 Å². The fourth-order valence-corrected chi connectivity index (χ4v) is 4.56. The van der Waals surface area contributed by atoms with Crippen LogP contribution in [0.1, 0.15) is 20.3 Å². The molecule has 7 heteroatoms. The summed E-state index contributed by atoms with van der Waals surface area (Å²) in [5.41, 5.74) is -0.986. The smallest absolute Gasteiger partial charge is 0.241 e. The van der Waals surface area contributed by atoms with Gasteiger partial charge in [0, 0.05) is 19.6 Å². The van der Waals surface area contributed by atoms with Crippen LogP contribution in [0.4, 0.5) is 0 Å². The number of amides is 1. The Morgan fingerprint density at radius 1 is 1.35 bits per heavy atom. The van der Waals surface area contributed by atoms with Crippen molar-refractivity contribution in [3.63, 3.8) is 0 Å². The van der Waals surface area contributed by atoms with Crippen LogP contribution in [0.25, 0.3) is 0 Å². The van der Waals surface area contributed by atoms with Crippen LogP contribution in [-0.2, 0) is 14.8 Å². The third-order valence-electron chi connectivity index (χ3n) is 3.52. The Balaban J connectivity index is 2.28. The number of sulfonamides is 1. The maximum Gasteiger partial charge on any atom is 0.241 e. The second-order valence-corrected chi connectivity index (χ2v) is 7.18. The van der Waals surface area contributed by atoms with Crippen molar-refractivity contribution in [3.05, 3.63) is 0 Å². The summed E-state index contributed by atoms with van der Waals surface area (Å²) in [4.78, 5) is 11.8. The number of piperazine rings is 1. The van der Waals surface area contributed by atoms with Crippen molar-refractivity contribution < 1.29 is 13.2 Å². The molecule has 1 atom stereocenters. The summed E-state index contributed by atoms with van der Waals surface area (Å²) in [5, 5.41) is 5.36. The molecule has 0 aliphatic carbocycles. The highest BCUT2D eigenvalue weighted by Gasteiger charge is 2.47. The van der Waals surface area contributed by atoms with Gasteiger partial charge in [-0.15, -0.1) is 0 Å². The Hall–Kier alpha value is -0.660. The molecule has 6 nitrogen and oxygen atoms in total. The number of carbonyl (C=O) groups is 1. The molecule has 2 rings (SSSR count). The van der Waals surface area contributed by atoms with Crippen molar-refractivity contribution in [2.24, 2.45) is 0 Å². The summed E-state index contributed by atoms with van der Waals surface area (Å²) in [7, 11) is -3.39. The minimum absolute atomic E-state index is 0.224. The minimum Gasteiger partial charge on any atom is -0.353 e. The summed E-state index contributed by atoms with van der Waals surface area (Å²) in [5.74, 6) is -0.224. The van der Waals surface area contributed by atoms with Crippen LogP contribution in [0.2, 0.25) is 0 Å². The molecule has 2 fully saturated rings. The van der Waals surface area contributed by atoms with Gasteiger partial charge in [-0.05, 0) is 26.8 Å². The normalized spacial score (nSPS) is 30.2. The molecule has 0 aromatic rings. The van der Waals surface area contributed by atoms with Gasteiger partial charge in [-0.1, -0.05) is 0 Å². The Kier molecular flexibility index (Phi) is 3.17. The average molecular weight is 261 g/mol. The molecule has 2 saturated heterocycles. The molecular weight excluding hydrogens is 242 g/mol. The molecule has 2 heterocycles. The standard InChI is InChI=1S/C10H19N3O3S/c1-10(2)9(14)12-5-6-13(10)17(15,16)8-3-4-11-7-8/h8,11H,3-7H2,1-2H3,(H,12,14). The quantitative estimate of drug-likeness (QED) is 0.660. The van der Waals surface area contributed by atoms with Crippen LogP contribution in [0.15, 0.2) is 0 Å². The predicted molar refractivity (Wildman–Crippen MR) is 64.0 cm³/mol.